The first kappa shape index (κ1) is 13.0. The van der Waals surface area contributed by atoms with E-state index in [1.807, 2.05) is 0 Å². The average Bonchev–Trinajstić information content (AvgIpc) is 2.81. The Morgan fingerprint density at radius 3 is 2.56 bits per heavy atom. The molecule has 18 heavy (non-hydrogen) atoms. The van der Waals surface area contributed by atoms with Gasteiger partial charge < -0.3 is 5.11 Å². The molecule has 2 N–H and O–H groups in total. The van der Waals surface area contributed by atoms with E-state index in [0.29, 0.717) is 0 Å². The second-order valence-corrected chi connectivity index (χ2v) is 6.15. The minimum Gasteiger partial charge on any atom is -0.478 e. The van der Waals surface area contributed by atoms with Gasteiger partial charge in [-0.1, -0.05) is 18.9 Å². The van der Waals surface area contributed by atoms with Crippen LogP contribution in [0.4, 0.5) is 0 Å². The van der Waals surface area contributed by atoms with Gasteiger partial charge in [0.15, 0.2) is 0 Å². The number of benzene rings is 1. The number of carbonyl (C=O) groups is 1. The van der Waals surface area contributed by atoms with E-state index in [2.05, 4.69) is 4.72 Å². The van der Waals surface area contributed by atoms with Crippen LogP contribution in [-0.4, -0.2) is 25.5 Å². The summed E-state index contributed by atoms with van der Waals surface area (Å²) in [5.74, 6) is -1.13. The molecule has 98 valence electrons. The molecule has 0 bridgehead atoms. The van der Waals surface area contributed by atoms with Crippen LogP contribution in [0.25, 0.3) is 0 Å². The highest BCUT2D eigenvalue weighted by molar-refractivity contribution is 7.89. The van der Waals surface area contributed by atoms with Crippen LogP contribution in [0.15, 0.2) is 29.2 Å². The van der Waals surface area contributed by atoms with E-state index in [9.17, 15) is 13.2 Å². The van der Waals surface area contributed by atoms with Gasteiger partial charge in [0.2, 0.25) is 10.0 Å². The SMILES string of the molecule is O=C(O)c1cccc(S(=O)(=O)NC2CCCC2)c1. The lowest BCUT2D eigenvalue weighted by molar-refractivity contribution is 0.0696. The highest BCUT2D eigenvalue weighted by atomic mass is 32.2. The van der Waals surface area contributed by atoms with E-state index in [-0.39, 0.29) is 16.5 Å². The summed E-state index contributed by atoms with van der Waals surface area (Å²) in [6, 6.07) is 5.37. The van der Waals surface area contributed by atoms with E-state index in [1.165, 1.54) is 24.3 Å². The van der Waals surface area contributed by atoms with E-state index >= 15 is 0 Å². The summed E-state index contributed by atoms with van der Waals surface area (Å²) < 4.78 is 26.7. The average molecular weight is 269 g/mol. The smallest absolute Gasteiger partial charge is 0.335 e. The Balaban J connectivity index is 2.23. The molecule has 0 unspecified atom stereocenters. The summed E-state index contributed by atoms with van der Waals surface area (Å²) in [5.41, 5.74) is -0.0238. The van der Waals surface area contributed by atoms with Crippen LogP contribution in [0.3, 0.4) is 0 Å². The number of carboxylic acids is 1. The van der Waals surface area contributed by atoms with Crippen LogP contribution in [0.5, 0.6) is 0 Å². The molecule has 0 aliphatic heterocycles. The molecule has 0 heterocycles. The minimum absolute atomic E-state index is 0.00861. The maximum absolute atomic E-state index is 12.1. The van der Waals surface area contributed by atoms with Gasteiger partial charge in [-0.2, -0.15) is 0 Å². The first-order valence-corrected chi connectivity index (χ1v) is 7.33. The largest absolute Gasteiger partial charge is 0.478 e. The van der Waals surface area contributed by atoms with Crippen molar-refractivity contribution in [1.82, 2.24) is 4.72 Å². The highest BCUT2D eigenvalue weighted by Crippen LogP contribution is 2.20. The van der Waals surface area contributed by atoms with Crippen molar-refractivity contribution >= 4 is 16.0 Å². The molecule has 6 heteroatoms. The predicted molar refractivity (Wildman–Crippen MR) is 66.0 cm³/mol. The Kier molecular flexibility index (Phi) is 3.68. The van der Waals surface area contributed by atoms with Crippen molar-refractivity contribution < 1.29 is 18.3 Å². The first-order valence-electron chi connectivity index (χ1n) is 5.85. The predicted octanol–water partition coefficient (Wildman–Crippen LogP) is 1.61. The summed E-state index contributed by atoms with van der Waals surface area (Å²) in [5, 5.41) is 8.84. The van der Waals surface area contributed by atoms with Crippen LogP contribution < -0.4 is 4.72 Å². The van der Waals surface area contributed by atoms with Crippen LogP contribution in [-0.2, 0) is 10.0 Å². The molecule has 5 nitrogen and oxygen atoms in total. The number of aromatic carboxylic acids is 1. The second-order valence-electron chi connectivity index (χ2n) is 4.44. The number of nitrogens with one attached hydrogen (secondary N) is 1. The Bertz CT molecular complexity index is 547. The Morgan fingerprint density at radius 2 is 1.94 bits per heavy atom. The number of rotatable bonds is 4. The second kappa shape index (κ2) is 5.07. The van der Waals surface area contributed by atoms with Gasteiger partial charge in [-0.15, -0.1) is 0 Å². The van der Waals surface area contributed by atoms with Crippen molar-refractivity contribution in [3.05, 3.63) is 29.8 Å². The van der Waals surface area contributed by atoms with Crippen LogP contribution in [0, 0.1) is 0 Å². The van der Waals surface area contributed by atoms with Crippen molar-refractivity contribution in [2.24, 2.45) is 0 Å². The zero-order chi connectivity index (χ0) is 13.2. The molecular formula is C12H15NO4S. The highest BCUT2D eigenvalue weighted by Gasteiger charge is 2.23. The fourth-order valence-electron chi connectivity index (χ4n) is 2.13. The van der Waals surface area contributed by atoms with Gasteiger partial charge in [-0.3, -0.25) is 0 Å². The van der Waals surface area contributed by atoms with E-state index < -0.39 is 16.0 Å². The quantitative estimate of drug-likeness (QED) is 0.869. The third kappa shape index (κ3) is 2.88. The minimum atomic E-state index is -3.61. The zero-order valence-corrected chi connectivity index (χ0v) is 10.6. The van der Waals surface area contributed by atoms with Gasteiger partial charge in [0.25, 0.3) is 0 Å². The van der Waals surface area contributed by atoms with Crippen molar-refractivity contribution in [1.29, 1.82) is 0 Å². The molecule has 1 aliphatic rings. The van der Waals surface area contributed by atoms with Crippen molar-refractivity contribution in [2.75, 3.05) is 0 Å². The topological polar surface area (TPSA) is 83.5 Å². The summed E-state index contributed by atoms with van der Waals surface area (Å²) in [6.07, 6.45) is 3.75. The van der Waals surface area contributed by atoms with Crippen LogP contribution in [0.1, 0.15) is 36.0 Å². The van der Waals surface area contributed by atoms with Gasteiger partial charge in [0.1, 0.15) is 0 Å². The molecule has 2 rings (SSSR count). The van der Waals surface area contributed by atoms with E-state index in [4.69, 9.17) is 5.11 Å². The Hall–Kier alpha value is -1.40. The van der Waals surface area contributed by atoms with Crippen LogP contribution in [0.2, 0.25) is 0 Å². The monoisotopic (exact) mass is 269 g/mol. The first-order chi connectivity index (χ1) is 8.49. The van der Waals surface area contributed by atoms with Gasteiger partial charge in [-0.05, 0) is 31.0 Å². The van der Waals surface area contributed by atoms with Gasteiger partial charge in [0.05, 0.1) is 10.5 Å². The third-order valence-corrected chi connectivity index (χ3v) is 4.59. The van der Waals surface area contributed by atoms with Crippen LogP contribution >= 0.6 is 0 Å². The van der Waals surface area contributed by atoms with Gasteiger partial charge in [-0.25, -0.2) is 17.9 Å². The molecular weight excluding hydrogens is 254 g/mol. The maximum Gasteiger partial charge on any atom is 0.335 e. The third-order valence-electron chi connectivity index (χ3n) is 3.07. The Labute approximate surface area is 106 Å². The molecule has 1 aromatic rings. The standard InChI is InChI=1S/C12H15NO4S/c14-12(15)9-4-3-7-11(8-9)18(16,17)13-10-5-1-2-6-10/h3-4,7-8,10,13H,1-2,5-6H2,(H,14,15). The number of hydrogen-bond donors (Lipinski definition) is 2. The molecule has 0 spiro atoms. The number of hydrogen-bond acceptors (Lipinski definition) is 3. The summed E-state index contributed by atoms with van der Waals surface area (Å²) >= 11 is 0. The van der Waals surface area contributed by atoms with Crippen molar-refractivity contribution in [2.45, 2.75) is 36.6 Å². The summed E-state index contributed by atoms with van der Waals surface area (Å²) in [4.78, 5) is 10.8. The molecule has 1 saturated carbocycles. The lowest BCUT2D eigenvalue weighted by atomic mass is 10.2. The molecule has 0 radical (unpaired) electrons. The number of sulfonamides is 1. The summed E-state index contributed by atoms with van der Waals surface area (Å²) in [7, 11) is -3.61. The molecule has 1 aliphatic carbocycles. The normalized spacial score (nSPS) is 16.9. The maximum atomic E-state index is 12.1. The van der Waals surface area contributed by atoms with Crippen molar-refractivity contribution in [3.8, 4) is 0 Å². The Morgan fingerprint density at radius 1 is 1.28 bits per heavy atom. The van der Waals surface area contributed by atoms with E-state index in [1.54, 1.807) is 0 Å². The molecule has 0 amide bonds. The van der Waals surface area contributed by atoms with Gasteiger partial charge >= 0.3 is 5.97 Å². The molecule has 1 fully saturated rings. The fourth-order valence-corrected chi connectivity index (χ4v) is 3.48. The lowest BCUT2D eigenvalue weighted by Gasteiger charge is -2.12. The molecule has 0 atom stereocenters. The lowest BCUT2D eigenvalue weighted by Crippen LogP contribution is -2.32. The van der Waals surface area contributed by atoms with Crippen molar-refractivity contribution in [3.63, 3.8) is 0 Å². The molecule has 0 saturated heterocycles. The molecule has 1 aromatic carbocycles. The number of carboxylic acid groups (broad SMARTS) is 1. The molecule has 0 aromatic heterocycles. The zero-order valence-electron chi connectivity index (χ0n) is 9.80. The fraction of sp³-hybridized carbons (Fsp3) is 0.417. The summed E-state index contributed by atoms with van der Waals surface area (Å²) in [6.45, 7) is 0. The van der Waals surface area contributed by atoms with Gasteiger partial charge in [0, 0.05) is 6.04 Å². The van der Waals surface area contributed by atoms with E-state index in [0.717, 1.165) is 25.7 Å².